The summed E-state index contributed by atoms with van der Waals surface area (Å²) in [6, 6.07) is 13.8. The maximum absolute atomic E-state index is 12.1. The standard InChI is InChI=1S/C26H27N5O3/c1-3-23(32)29-21-13-18-20(14-22(21)33-2)27-16-28-26(18)19-15-31(24-11-7-8-12-34-24)30-25(19)17-9-5-4-6-10-17/h4-6,9-10,13-16,24H,3,7-8,11-12H2,1-2H3,(H,29,32). The zero-order chi connectivity index (χ0) is 23.5. The number of aromatic nitrogens is 4. The predicted molar refractivity (Wildman–Crippen MR) is 131 cm³/mol. The highest BCUT2D eigenvalue weighted by Gasteiger charge is 2.23. The number of hydrogen-bond acceptors (Lipinski definition) is 6. The minimum atomic E-state index is -0.0995. The summed E-state index contributed by atoms with van der Waals surface area (Å²) in [6.07, 6.45) is 6.92. The molecule has 0 spiro atoms. The van der Waals surface area contributed by atoms with E-state index in [9.17, 15) is 4.79 Å². The second-order valence-corrected chi connectivity index (χ2v) is 8.25. The van der Waals surface area contributed by atoms with Crippen molar-refractivity contribution in [3.63, 3.8) is 0 Å². The van der Waals surface area contributed by atoms with Crippen molar-refractivity contribution < 1.29 is 14.3 Å². The average Bonchev–Trinajstić information content (AvgIpc) is 3.34. The molecular weight excluding hydrogens is 430 g/mol. The van der Waals surface area contributed by atoms with Gasteiger partial charge in [0, 0.05) is 41.8 Å². The minimum Gasteiger partial charge on any atom is -0.494 e. The lowest BCUT2D eigenvalue weighted by Gasteiger charge is -2.22. The Labute approximate surface area is 197 Å². The van der Waals surface area contributed by atoms with Crippen LogP contribution < -0.4 is 10.1 Å². The Morgan fingerprint density at radius 3 is 2.76 bits per heavy atom. The van der Waals surface area contributed by atoms with E-state index >= 15 is 0 Å². The van der Waals surface area contributed by atoms with Gasteiger partial charge >= 0.3 is 0 Å². The molecule has 1 amide bonds. The number of benzene rings is 2. The number of carbonyl (C=O) groups is 1. The third-order valence-corrected chi connectivity index (χ3v) is 6.04. The fourth-order valence-corrected chi connectivity index (χ4v) is 4.26. The highest BCUT2D eigenvalue weighted by atomic mass is 16.5. The van der Waals surface area contributed by atoms with Crippen molar-refractivity contribution >= 4 is 22.5 Å². The number of ether oxygens (including phenoxy) is 2. The van der Waals surface area contributed by atoms with E-state index < -0.39 is 0 Å². The molecule has 2 aromatic heterocycles. The van der Waals surface area contributed by atoms with Crippen LogP contribution in [-0.2, 0) is 9.53 Å². The summed E-state index contributed by atoms with van der Waals surface area (Å²) in [5.74, 6) is 0.455. The topological polar surface area (TPSA) is 91.2 Å². The second-order valence-electron chi connectivity index (χ2n) is 8.25. The Morgan fingerprint density at radius 1 is 1.18 bits per heavy atom. The number of nitrogens with one attached hydrogen (secondary N) is 1. The van der Waals surface area contributed by atoms with E-state index in [0.717, 1.165) is 59.3 Å². The van der Waals surface area contributed by atoms with E-state index in [0.29, 0.717) is 17.9 Å². The predicted octanol–water partition coefficient (Wildman–Crippen LogP) is 5.22. The number of rotatable bonds is 6. The van der Waals surface area contributed by atoms with Gasteiger partial charge in [-0.05, 0) is 25.3 Å². The maximum Gasteiger partial charge on any atom is 0.224 e. The molecule has 1 N–H and O–H groups in total. The summed E-state index contributed by atoms with van der Waals surface area (Å²) in [5, 5.41) is 8.67. The van der Waals surface area contributed by atoms with Gasteiger partial charge in [-0.2, -0.15) is 5.10 Å². The van der Waals surface area contributed by atoms with Crippen LogP contribution >= 0.6 is 0 Å². The van der Waals surface area contributed by atoms with Gasteiger partial charge < -0.3 is 14.8 Å². The normalized spacial score (nSPS) is 15.9. The summed E-state index contributed by atoms with van der Waals surface area (Å²) in [6.45, 7) is 2.54. The number of hydrogen-bond donors (Lipinski definition) is 1. The molecule has 8 nitrogen and oxygen atoms in total. The summed E-state index contributed by atoms with van der Waals surface area (Å²) in [4.78, 5) is 21.3. The number of amides is 1. The lowest BCUT2D eigenvalue weighted by atomic mass is 10.0. The first-order chi connectivity index (χ1) is 16.7. The van der Waals surface area contributed by atoms with Crippen LogP contribution in [0.3, 0.4) is 0 Å². The lowest BCUT2D eigenvalue weighted by molar-refractivity contribution is -0.115. The van der Waals surface area contributed by atoms with Crippen molar-refractivity contribution in [3.05, 3.63) is 55.0 Å². The van der Waals surface area contributed by atoms with Crippen LogP contribution in [0, 0.1) is 0 Å². The molecule has 4 aromatic rings. The summed E-state index contributed by atoms with van der Waals surface area (Å²) < 4.78 is 13.4. The van der Waals surface area contributed by atoms with Gasteiger partial charge in [-0.3, -0.25) is 4.79 Å². The SMILES string of the molecule is CCC(=O)Nc1cc2c(-c3cn(C4CCCCO4)nc3-c3ccccc3)ncnc2cc1OC. The summed E-state index contributed by atoms with van der Waals surface area (Å²) in [5.41, 5.74) is 4.74. The first kappa shape index (κ1) is 22.0. The fraction of sp³-hybridized carbons (Fsp3) is 0.308. The van der Waals surface area contributed by atoms with Crippen molar-refractivity contribution in [2.75, 3.05) is 19.0 Å². The Balaban J connectivity index is 1.69. The Hall–Kier alpha value is -3.78. The van der Waals surface area contributed by atoms with Gasteiger partial charge in [-0.25, -0.2) is 14.6 Å². The number of anilines is 1. The van der Waals surface area contributed by atoms with Gasteiger partial charge in [0.05, 0.1) is 24.0 Å². The van der Waals surface area contributed by atoms with E-state index in [1.807, 2.05) is 60.3 Å². The molecule has 8 heteroatoms. The Bertz CT molecular complexity index is 1310. The van der Waals surface area contributed by atoms with Gasteiger partial charge in [-0.15, -0.1) is 0 Å². The number of carbonyl (C=O) groups excluding carboxylic acids is 1. The van der Waals surface area contributed by atoms with Crippen LogP contribution in [0.2, 0.25) is 0 Å². The molecule has 1 saturated heterocycles. The largest absolute Gasteiger partial charge is 0.494 e. The van der Waals surface area contributed by atoms with Gasteiger partial charge in [0.1, 0.15) is 24.0 Å². The Morgan fingerprint density at radius 2 is 2.03 bits per heavy atom. The monoisotopic (exact) mass is 457 g/mol. The first-order valence-corrected chi connectivity index (χ1v) is 11.6. The highest BCUT2D eigenvalue weighted by Crippen LogP contribution is 2.38. The minimum absolute atomic E-state index is 0.0942. The quantitative estimate of drug-likeness (QED) is 0.427. The highest BCUT2D eigenvalue weighted by molar-refractivity contribution is 6.01. The van der Waals surface area contributed by atoms with E-state index in [-0.39, 0.29) is 12.1 Å². The van der Waals surface area contributed by atoms with Crippen molar-refractivity contribution in [2.24, 2.45) is 0 Å². The van der Waals surface area contributed by atoms with Crippen molar-refractivity contribution in [3.8, 4) is 28.3 Å². The zero-order valence-corrected chi connectivity index (χ0v) is 19.3. The number of nitrogens with zero attached hydrogens (tertiary/aromatic N) is 4. The number of methoxy groups -OCH3 is 1. The van der Waals surface area contributed by atoms with Crippen LogP contribution in [-0.4, -0.2) is 39.4 Å². The van der Waals surface area contributed by atoms with Crippen molar-refractivity contribution in [1.29, 1.82) is 0 Å². The van der Waals surface area contributed by atoms with Crippen LogP contribution in [0.1, 0.15) is 38.8 Å². The molecule has 1 fully saturated rings. The van der Waals surface area contributed by atoms with Gasteiger partial charge in [0.15, 0.2) is 0 Å². The van der Waals surface area contributed by atoms with Crippen LogP contribution in [0.4, 0.5) is 5.69 Å². The molecule has 1 aliphatic rings. The van der Waals surface area contributed by atoms with E-state index in [2.05, 4.69) is 15.3 Å². The van der Waals surface area contributed by atoms with Crippen molar-refractivity contribution in [1.82, 2.24) is 19.7 Å². The second kappa shape index (κ2) is 9.61. The van der Waals surface area contributed by atoms with Crippen LogP contribution in [0.5, 0.6) is 5.75 Å². The summed E-state index contributed by atoms with van der Waals surface area (Å²) in [7, 11) is 1.58. The lowest BCUT2D eigenvalue weighted by Crippen LogP contribution is -2.18. The third kappa shape index (κ3) is 4.24. The van der Waals surface area contributed by atoms with E-state index in [4.69, 9.17) is 14.6 Å². The fourth-order valence-electron chi connectivity index (χ4n) is 4.26. The molecule has 3 heterocycles. The maximum atomic E-state index is 12.1. The van der Waals surface area contributed by atoms with Gasteiger partial charge in [-0.1, -0.05) is 37.3 Å². The molecule has 0 radical (unpaired) electrons. The van der Waals surface area contributed by atoms with Crippen molar-refractivity contribution in [2.45, 2.75) is 38.8 Å². The molecule has 34 heavy (non-hydrogen) atoms. The van der Waals surface area contributed by atoms with E-state index in [1.54, 1.807) is 13.4 Å². The Kier molecular flexibility index (Phi) is 6.22. The molecule has 0 bridgehead atoms. The molecule has 0 saturated carbocycles. The van der Waals surface area contributed by atoms with E-state index in [1.165, 1.54) is 0 Å². The molecule has 174 valence electrons. The summed E-state index contributed by atoms with van der Waals surface area (Å²) >= 11 is 0. The molecular formula is C26H27N5O3. The molecule has 1 aliphatic heterocycles. The van der Waals surface area contributed by atoms with Gasteiger partial charge in [0.2, 0.25) is 5.91 Å². The van der Waals surface area contributed by atoms with Crippen LogP contribution in [0.15, 0.2) is 55.0 Å². The molecule has 1 unspecified atom stereocenters. The van der Waals surface area contributed by atoms with Gasteiger partial charge in [0.25, 0.3) is 0 Å². The number of fused-ring (bicyclic) bond motifs is 1. The smallest absolute Gasteiger partial charge is 0.224 e. The molecule has 0 aliphatic carbocycles. The molecule has 2 aromatic carbocycles. The van der Waals surface area contributed by atoms with Crippen LogP contribution in [0.25, 0.3) is 33.4 Å². The molecule has 5 rings (SSSR count). The third-order valence-electron chi connectivity index (χ3n) is 6.04. The first-order valence-electron chi connectivity index (χ1n) is 11.6. The average molecular weight is 458 g/mol. The molecule has 1 atom stereocenters. The zero-order valence-electron chi connectivity index (χ0n) is 19.3.